The van der Waals surface area contributed by atoms with Gasteiger partial charge >= 0.3 is 0 Å². The Labute approximate surface area is 169 Å². The Morgan fingerprint density at radius 1 is 1.14 bits per heavy atom. The number of hydrogen-bond acceptors (Lipinski definition) is 6. The van der Waals surface area contributed by atoms with E-state index in [2.05, 4.69) is 10.1 Å². The van der Waals surface area contributed by atoms with Crippen LogP contribution in [0.15, 0.2) is 63.0 Å². The molecule has 29 heavy (non-hydrogen) atoms. The summed E-state index contributed by atoms with van der Waals surface area (Å²) in [5, 5.41) is 4.86. The van der Waals surface area contributed by atoms with Gasteiger partial charge in [0.1, 0.15) is 5.82 Å². The summed E-state index contributed by atoms with van der Waals surface area (Å²) in [7, 11) is 0. The first kappa shape index (κ1) is 18.1. The van der Waals surface area contributed by atoms with Gasteiger partial charge in [0.05, 0.1) is 21.8 Å². The first-order chi connectivity index (χ1) is 14.1. The van der Waals surface area contributed by atoms with Crippen LogP contribution in [-0.4, -0.2) is 19.7 Å². The highest BCUT2D eigenvalue weighted by molar-refractivity contribution is 7.99. The molecule has 1 saturated carbocycles. The fourth-order valence-electron chi connectivity index (χ4n) is 3.14. The molecular weight excluding hydrogens is 391 g/mol. The van der Waals surface area contributed by atoms with Crippen LogP contribution in [0.25, 0.3) is 16.6 Å². The number of para-hydroxylation sites is 1. The number of thioether (sulfide) groups is 1. The highest BCUT2D eigenvalue weighted by atomic mass is 32.2. The zero-order valence-corrected chi connectivity index (χ0v) is 16.4. The van der Waals surface area contributed by atoms with E-state index in [9.17, 15) is 9.18 Å². The van der Waals surface area contributed by atoms with E-state index in [4.69, 9.17) is 9.51 Å². The number of aromatic nitrogens is 4. The van der Waals surface area contributed by atoms with Gasteiger partial charge in [-0.1, -0.05) is 29.1 Å². The molecular formula is C21H17FN4O2S. The number of nitrogens with zero attached hydrogens (tertiary/aromatic N) is 4. The van der Waals surface area contributed by atoms with Crippen LogP contribution in [0.3, 0.4) is 0 Å². The van der Waals surface area contributed by atoms with Crippen molar-refractivity contribution in [1.82, 2.24) is 19.7 Å². The largest absolute Gasteiger partial charge is 0.338 e. The molecule has 1 aliphatic rings. The van der Waals surface area contributed by atoms with E-state index in [-0.39, 0.29) is 16.6 Å². The van der Waals surface area contributed by atoms with Gasteiger partial charge in [0.15, 0.2) is 11.0 Å². The van der Waals surface area contributed by atoms with Crippen LogP contribution in [0.5, 0.6) is 0 Å². The standard InChI is InChI=1S/C21H17FN4O2S/c1-12(19-24-18(25-28-19)13-6-7-13)29-21-23-17-5-3-2-4-16(17)20(27)26(21)15-10-8-14(22)9-11-15/h2-5,8-13H,6-7H2,1H3. The molecule has 4 aromatic rings. The minimum atomic E-state index is -0.364. The van der Waals surface area contributed by atoms with Crippen molar-refractivity contribution < 1.29 is 8.91 Å². The maximum Gasteiger partial charge on any atom is 0.266 e. The van der Waals surface area contributed by atoms with Gasteiger partial charge in [-0.15, -0.1) is 0 Å². The second-order valence-electron chi connectivity index (χ2n) is 7.05. The highest BCUT2D eigenvalue weighted by Gasteiger charge is 2.30. The quantitative estimate of drug-likeness (QED) is 0.354. The second kappa shape index (κ2) is 7.11. The van der Waals surface area contributed by atoms with Crippen molar-refractivity contribution in [2.45, 2.75) is 36.1 Å². The zero-order chi connectivity index (χ0) is 20.0. The maximum absolute atomic E-state index is 13.4. The Balaban J connectivity index is 1.59. The molecule has 2 heterocycles. The molecule has 0 amide bonds. The molecule has 1 aliphatic carbocycles. The van der Waals surface area contributed by atoms with Crippen LogP contribution < -0.4 is 5.56 Å². The summed E-state index contributed by atoms with van der Waals surface area (Å²) in [5.41, 5.74) is 0.949. The van der Waals surface area contributed by atoms with E-state index >= 15 is 0 Å². The van der Waals surface area contributed by atoms with Crippen LogP contribution in [0.4, 0.5) is 4.39 Å². The molecule has 0 radical (unpaired) electrons. The summed E-state index contributed by atoms with van der Waals surface area (Å²) in [6, 6.07) is 13.0. The Kier molecular flexibility index (Phi) is 4.43. The Morgan fingerprint density at radius 2 is 1.90 bits per heavy atom. The molecule has 0 bridgehead atoms. The van der Waals surface area contributed by atoms with Crippen molar-refractivity contribution >= 4 is 22.7 Å². The van der Waals surface area contributed by atoms with Crippen LogP contribution in [0.2, 0.25) is 0 Å². The molecule has 2 aromatic carbocycles. The fourth-order valence-corrected chi connectivity index (χ4v) is 4.10. The van der Waals surface area contributed by atoms with Crippen molar-refractivity contribution in [3.05, 3.63) is 76.4 Å². The van der Waals surface area contributed by atoms with E-state index in [1.54, 1.807) is 30.3 Å². The fraction of sp³-hybridized carbons (Fsp3) is 0.238. The maximum atomic E-state index is 13.4. The SMILES string of the molecule is CC(Sc1nc2ccccc2c(=O)n1-c1ccc(F)cc1)c1nc(C2CC2)no1. The van der Waals surface area contributed by atoms with Gasteiger partial charge < -0.3 is 4.52 Å². The highest BCUT2D eigenvalue weighted by Crippen LogP contribution is 2.40. The van der Waals surface area contributed by atoms with Crippen LogP contribution in [0.1, 0.15) is 42.6 Å². The lowest BCUT2D eigenvalue weighted by Crippen LogP contribution is -2.22. The summed E-state index contributed by atoms with van der Waals surface area (Å²) < 4.78 is 20.4. The van der Waals surface area contributed by atoms with E-state index in [1.807, 2.05) is 13.0 Å². The minimum Gasteiger partial charge on any atom is -0.338 e. The number of benzene rings is 2. The number of rotatable bonds is 5. The van der Waals surface area contributed by atoms with Crippen LogP contribution >= 0.6 is 11.8 Å². The van der Waals surface area contributed by atoms with Crippen molar-refractivity contribution in [3.63, 3.8) is 0 Å². The monoisotopic (exact) mass is 408 g/mol. The average Bonchev–Trinajstić information content (AvgIpc) is 3.46. The van der Waals surface area contributed by atoms with Crippen molar-refractivity contribution in [2.75, 3.05) is 0 Å². The lowest BCUT2D eigenvalue weighted by molar-refractivity contribution is 0.374. The molecule has 0 spiro atoms. The van der Waals surface area contributed by atoms with Crippen molar-refractivity contribution in [2.24, 2.45) is 0 Å². The van der Waals surface area contributed by atoms with Crippen molar-refractivity contribution in [1.29, 1.82) is 0 Å². The van der Waals surface area contributed by atoms with Gasteiger partial charge in [-0.05, 0) is 56.2 Å². The predicted molar refractivity (Wildman–Crippen MR) is 108 cm³/mol. The Hall–Kier alpha value is -3.00. The molecule has 8 heteroatoms. The van der Waals surface area contributed by atoms with Gasteiger partial charge in [0.2, 0.25) is 5.89 Å². The van der Waals surface area contributed by atoms with Gasteiger partial charge in [-0.3, -0.25) is 9.36 Å². The van der Waals surface area contributed by atoms with Gasteiger partial charge in [-0.2, -0.15) is 4.98 Å². The topological polar surface area (TPSA) is 73.8 Å². The first-order valence-corrected chi connectivity index (χ1v) is 10.3. The Morgan fingerprint density at radius 3 is 2.66 bits per heavy atom. The molecule has 0 N–H and O–H groups in total. The van der Waals surface area contributed by atoms with Crippen molar-refractivity contribution in [3.8, 4) is 5.69 Å². The molecule has 2 aromatic heterocycles. The lowest BCUT2D eigenvalue weighted by atomic mass is 10.2. The van der Waals surface area contributed by atoms with E-state index in [1.165, 1.54) is 28.5 Å². The number of hydrogen-bond donors (Lipinski definition) is 0. The van der Waals surface area contributed by atoms with Crippen LogP contribution in [0, 0.1) is 5.82 Å². The van der Waals surface area contributed by atoms with E-state index in [0.29, 0.717) is 33.6 Å². The molecule has 1 unspecified atom stereocenters. The molecule has 6 nitrogen and oxygen atoms in total. The number of fused-ring (bicyclic) bond motifs is 1. The predicted octanol–water partition coefficient (Wildman–Crippen LogP) is 4.64. The first-order valence-electron chi connectivity index (χ1n) is 9.38. The zero-order valence-electron chi connectivity index (χ0n) is 15.6. The number of halogens is 1. The van der Waals surface area contributed by atoms with Gasteiger partial charge in [0.25, 0.3) is 5.56 Å². The minimum absolute atomic E-state index is 0.199. The lowest BCUT2D eigenvalue weighted by Gasteiger charge is -2.14. The third-order valence-electron chi connectivity index (χ3n) is 4.86. The second-order valence-corrected chi connectivity index (χ2v) is 8.36. The van der Waals surface area contributed by atoms with E-state index in [0.717, 1.165) is 18.7 Å². The average molecular weight is 408 g/mol. The molecule has 0 saturated heterocycles. The molecule has 146 valence electrons. The summed E-state index contributed by atoms with van der Waals surface area (Å²) in [4.78, 5) is 22.4. The van der Waals surface area contributed by atoms with Gasteiger partial charge in [0, 0.05) is 5.92 Å². The summed E-state index contributed by atoms with van der Waals surface area (Å²) in [6.45, 7) is 1.94. The summed E-state index contributed by atoms with van der Waals surface area (Å²) in [6.07, 6.45) is 2.19. The third-order valence-corrected chi connectivity index (χ3v) is 5.90. The third kappa shape index (κ3) is 3.44. The summed E-state index contributed by atoms with van der Waals surface area (Å²) in [5.74, 6) is 1.29. The molecule has 5 rings (SSSR count). The molecule has 1 atom stereocenters. The summed E-state index contributed by atoms with van der Waals surface area (Å²) >= 11 is 1.36. The normalized spacial score (nSPS) is 15.0. The molecule has 0 aliphatic heterocycles. The smallest absolute Gasteiger partial charge is 0.266 e. The van der Waals surface area contributed by atoms with Gasteiger partial charge in [-0.25, -0.2) is 9.37 Å². The Bertz CT molecular complexity index is 1250. The van der Waals surface area contributed by atoms with E-state index < -0.39 is 0 Å². The van der Waals surface area contributed by atoms with Crippen LogP contribution in [-0.2, 0) is 0 Å². The molecule has 1 fully saturated rings.